The van der Waals surface area contributed by atoms with E-state index in [1.54, 1.807) is 6.07 Å². The number of rotatable bonds is 3. The Labute approximate surface area is 101 Å². The van der Waals surface area contributed by atoms with Gasteiger partial charge in [-0.05, 0) is 0 Å². The number of esters is 1. The molecule has 1 aromatic rings. The summed E-state index contributed by atoms with van der Waals surface area (Å²) < 4.78 is 29.3. The average molecular weight is 261 g/mol. The number of ether oxygens (including phenoxy) is 1. The lowest BCUT2D eigenvalue weighted by Crippen LogP contribution is -2.08. The van der Waals surface area contributed by atoms with Crippen LogP contribution in [-0.2, 0) is 16.0 Å². The van der Waals surface area contributed by atoms with Gasteiger partial charge in [-0.2, -0.15) is 5.26 Å². The summed E-state index contributed by atoms with van der Waals surface area (Å²) in [5, 5.41) is 8.40. The van der Waals surface area contributed by atoms with E-state index in [1.807, 2.05) is 0 Å². The molecule has 7 heteroatoms. The molecule has 17 heavy (non-hydrogen) atoms. The molecule has 0 N–H and O–H groups in total. The third kappa shape index (κ3) is 2.88. The summed E-state index contributed by atoms with van der Waals surface area (Å²) in [5.74, 6) is -0.607. The normalized spacial score (nSPS) is 10.1. The van der Waals surface area contributed by atoms with E-state index in [-0.39, 0.29) is 17.5 Å². The minimum absolute atomic E-state index is 0.161. The summed E-state index contributed by atoms with van der Waals surface area (Å²) in [4.78, 5) is 14.5. The van der Waals surface area contributed by atoms with E-state index in [0.29, 0.717) is 0 Å². The number of pyridine rings is 1. The zero-order valence-electron chi connectivity index (χ0n) is 8.71. The van der Waals surface area contributed by atoms with E-state index in [2.05, 4.69) is 9.72 Å². The van der Waals surface area contributed by atoms with Crippen LogP contribution in [0.15, 0.2) is 6.20 Å². The molecule has 0 radical (unpaired) electrons. The number of hydrogen-bond donors (Lipinski definition) is 0. The Bertz CT molecular complexity index is 486. The molecule has 0 aliphatic heterocycles. The van der Waals surface area contributed by atoms with Crippen LogP contribution in [0.1, 0.15) is 23.2 Å². The molecule has 0 amide bonds. The average Bonchev–Trinajstić information content (AvgIpc) is 2.28. The summed E-state index contributed by atoms with van der Waals surface area (Å²) in [5.41, 5.74) is -0.687. The summed E-state index contributed by atoms with van der Waals surface area (Å²) in [7, 11) is 1.18. The molecule has 0 saturated heterocycles. The summed E-state index contributed by atoms with van der Waals surface area (Å²) in [6.07, 6.45) is -2.08. The Morgan fingerprint density at radius 3 is 2.82 bits per heavy atom. The number of aromatic nitrogens is 1. The second-order valence-electron chi connectivity index (χ2n) is 3.02. The number of hydrogen-bond acceptors (Lipinski definition) is 4. The molecule has 0 atom stereocenters. The molecule has 0 aliphatic carbocycles. The molecule has 0 unspecified atom stereocenters. The van der Waals surface area contributed by atoms with Crippen molar-refractivity contribution in [2.75, 3.05) is 7.11 Å². The molecule has 4 nitrogen and oxygen atoms in total. The topological polar surface area (TPSA) is 63.0 Å². The quantitative estimate of drug-likeness (QED) is 0.782. The van der Waals surface area contributed by atoms with Crippen LogP contribution < -0.4 is 0 Å². The molecule has 0 aromatic carbocycles. The standard InChI is InChI=1S/C10H7ClF2N2O2/c1-17-7(16)2-5-4-15-9(10(12)13)8(11)6(5)3-14/h4,10H,2H2,1H3. The molecule has 0 fully saturated rings. The van der Waals surface area contributed by atoms with Gasteiger partial charge in [0, 0.05) is 11.8 Å². The van der Waals surface area contributed by atoms with Crippen molar-refractivity contribution in [1.82, 2.24) is 4.98 Å². The van der Waals surface area contributed by atoms with Gasteiger partial charge in [-0.15, -0.1) is 0 Å². The van der Waals surface area contributed by atoms with Crippen molar-refractivity contribution in [3.05, 3.63) is 28.0 Å². The largest absolute Gasteiger partial charge is 0.469 e. The first-order chi connectivity index (χ1) is 8.01. The minimum atomic E-state index is -2.87. The van der Waals surface area contributed by atoms with Crippen molar-refractivity contribution in [2.24, 2.45) is 0 Å². The Balaban J connectivity index is 3.22. The predicted octanol–water partition coefficient (Wildman–Crippen LogP) is 2.26. The minimum Gasteiger partial charge on any atom is -0.469 e. The Hall–Kier alpha value is -1.74. The molecule has 1 aromatic heterocycles. The summed E-state index contributed by atoms with van der Waals surface area (Å²) in [6, 6.07) is 1.68. The SMILES string of the molecule is COC(=O)Cc1cnc(C(F)F)c(Cl)c1C#N. The highest BCUT2D eigenvalue weighted by Gasteiger charge is 2.20. The fourth-order valence-corrected chi connectivity index (χ4v) is 1.47. The summed E-state index contributed by atoms with van der Waals surface area (Å²) in [6.45, 7) is 0. The molecule has 0 bridgehead atoms. The van der Waals surface area contributed by atoms with Gasteiger partial charge in [-0.25, -0.2) is 8.78 Å². The number of halogens is 3. The van der Waals surface area contributed by atoms with Crippen LogP contribution in [0.2, 0.25) is 5.02 Å². The molecule has 1 rings (SSSR count). The third-order valence-electron chi connectivity index (χ3n) is 2.01. The predicted molar refractivity (Wildman–Crippen MR) is 54.6 cm³/mol. The van der Waals surface area contributed by atoms with Crippen molar-refractivity contribution in [3.8, 4) is 6.07 Å². The van der Waals surface area contributed by atoms with Crippen molar-refractivity contribution in [3.63, 3.8) is 0 Å². The number of nitriles is 1. The van der Waals surface area contributed by atoms with Gasteiger partial charge in [0.05, 0.1) is 24.1 Å². The Morgan fingerprint density at radius 2 is 2.35 bits per heavy atom. The number of methoxy groups -OCH3 is 1. The van der Waals surface area contributed by atoms with Gasteiger partial charge in [0.1, 0.15) is 11.8 Å². The van der Waals surface area contributed by atoms with E-state index in [9.17, 15) is 13.6 Å². The first kappa shape index (κ1) is 13.3. The van der Waals surface area contributed by atoms with Crippen molar-refractivity contribution < 1.29 is 18.3 Å². The van der Waals surface area contributed by atoms with Crippen LogP contribution in [0, 0.1) is 11.3 Å². The number of carbonyl (C=O) groups is 1. The zero-order valence-corrected chi connectivity index (χ0v) is 9.46. The van der Waals surface area contributed by atoms with Gasteiger partial charge in [0.2, 0.25) is 0 Å². The zero-order chi connectivity index (χ0) is 13.0. The highest BCUT2D eigenvalue weighted by Crippen LogP contribution is 2.29. The van der Waals surface area contributed by atoms with Crippen molar-refractivity contribution in [2.45, 2.75) is 12.8 Å². The van der Waals surface area contributed by atoms with Crippen LogP contribution in [0.25, 0.3) is 0 Å². The highest BCUT2D eigenvalue weighted by atomic mass is 35.5. The number of alkyl halides is 2. The smallest absolute Gasteiger partial charge is 0.310 e. The van der Waals surface area contributed by atoms with E-state index in [4.69, 9.17) is 16.9 Å². The lowest BCUT2D eigenvalue weighted by molar-refractivity contribution is -0.139. The van der Waals surface area contributed by atoms with Gasteiger partial charge in [0.15, 0.2) is 0 Å². The van der Waals surface area contributed by atoms with Crippen LogP contribution >= 0.6 is 11.6 Å². The maximum atomic E-state index is 12.5. The molecule has 0 aliphatic rings. The van der Waals surface area contributed by atoms with Crippen molar-refractivity contribution in [1.29, 1.82) is 5.26 Å². The van der Waals surface area contributed by atoms with E-state index < -0.39 is 23.1 Å². The highest BCUT2D eigenvalue weighted by molar-refractivity contribution is 6.32. The Morgan fingerprint density at radius 1 is 1.71 bits per heavy atom. The maximum Gasteiger partial charge on any atom is 0.310 e. The van der Waals surface area contributed by atoms with Crippen LogP contribution in [-0.4, -0.2) is 18.1 Å². The van der Waals surface area contributed by atoms with E-state index >= 15 is 0 Å². The van der Waals surface area contributed by atoms with Crippen molar-refractivity contribution >= 4 is 17.6 Å². The summed E-state index contributed by atoms with van der Waals surface area (Å²) >= 11 is 5.62. The maximum absolute atomic E-state index is 12.5. The van der Waals surface area contributed by atoms with Crippen LogP contribution in [0.3, 0.4) is 0 Å². The van der Waals surface area contributed by atoms with Gasteiger partial charge >= 0.3 is 5.97 Å². The first-order valence-corrected chi connectivity index (χ1v) is 4.81. The van der Waals surface area contributed by atoms with Gasteiger partial charge in [0.25, 0.3) is 6.43 Å². The van der Waals surface area contributed by atoms with Gasteiger partial charge in [-0.3, -0.25) is 9.78 Å². The number of nitrogens with zero attached hydrogens (tertiary/aromatic N) is 2. The number of carbonyl (C=O) groups excluding carboxylic acids is 1. The molecular weight excluding hydrogens is 254 g/mol. The molecule has 1 heterocycles. The molecule has 90 valence electrons. The van der Waals surface area contributed by atoms with Crippen LogP contribution in [0.4, 0.5) is 8.78 Å². The second-order valence-corrected chi connectivity index (χ2v) is 3.40. The first-order valence-electron chi connectivity index (χ1n) is 4.43. The van der Waals surface area contributed by atoms with Gasteiger partial charge in [-0.1, -0.05) is 11.6 Å². The van der Waals surface area contributed by atoms with E-state index in [1.165, 1.54) is 7.11 Å². The van der Waals surface area contributed by atoms with Gasteiger partial charge < -0.3 is 4.74 Å². The lowest BCUT2D eigenvalue weighted by atomic mass is 10.1. The Kier molecular flexibility index (Phi) is 4.35. The third-order valence-corrected chi connectivity index (χ3v) is 2.39. The second kappa shape index (κ2) is 5.55. The van der Waals surface area contributed by atoms with Crippen LogP contribution in [0.5, 0.6) is 0 Å². The monoisotopic (exact) mass is 260 g/mol. The molecular formula is C10H7ClF2N2O2. The van der Waals surface area contributed by atoms with E-state index in [0.717, 1.165) is 6.20 Å². The fraction of sp³-hybridized carbons (Fsp3) is 0.300. The lowest BCUT2D eigenvalue weighted by Gasteiger charge is -2.07. The molecule has 0 spiro atoms. The molecule has 0 saturated carbocycles. The fourth-order valence-electron chi connectivity index (χ4n) is 1.17.